The summed E-state index contributed by atoms with van der Waals surface area (Å²) >= 11 is 0. The standard InChI is InChI=1S/C19H21FN2O3/c1-3-14-7-4-5-10-17(14)21-18(23)12-22(2)19(24)13-25-16-9-6-8-15(20)11-16/h4-11H,3,12-13H2,1-2H3,(H,21,23). The number of aryl methyl sites for hydroxylation is 1. The van der Waals surface area contributed by atoms with Crippen LogP contribution in [-0.2, 0) is 16.0 Å². The number of likely N-dealkylation sites (N-methyl/N-ethyl adjacent to an activating group) is 1. The molecule has 0 fully saturated rings. The highest BCUT2D eigenvalue weighted by Crippen LogP contribution is 2.15. The summed E-state index contributed by atoms with van der Waals surface area (Å²) in [6.45, 7) is 1.65. The van der Waals surface area contributed by atoms with Gasteiger partial charge in [-0.3, -0.25) is 9.59 Å². The van der Waals surface area contributed by atoms with Crippen LogP contribution in [0, 0.1) is 5.82 Å². The molecule has 6 heteroatoms. The summed E-state index contributed by atoms with van der Waals surface area (Å²) < 4.78 is 18.3. The summed E-state index contributed by atoms with van der Waals surface area (Å²) in [6, 6.07) is 13.1. The fraction of sp³-hybridized carbons (Fsp3) is 0.263. The molecule has 25 heavy (non-hydrogen) atoms. The number of amides is 2. The van der Waals surface area contributed by atoms with Crippen molar-refractivity contribution in [3.63, 3.8) is 0 Å². The van der Waals surface area contributed by atoms with Crippen molar-refractivity contribution in [2.75, 3.05) is 25.5 Å². The zero-order valence-corrected chi connectivity index (χ0v) is 14.3. The van der Waals surface area contributed by atoms with Crippen LogP contribution in [0.3, 0.4) is 0 Å². The van der Waals surface area contributed by atoms with E-state index in [2.05, 4.69) is 5.32 Å². The number of para-hydroxylation sites is 1. The Morgan fingerprint density at radius 1 is 1.16 bits per heavy atom. The van der Waals surface area contributed by atoms with Crippen LogP contribution in [0.25, 0.3) is 0 Å². The Morgan fingerprint density at radius 3 is 2.64 bits per heavy atom. The maximum absolute atomic E-state index is 13.1. The van der Waals surface area contributed by atoms with Gasteiger partial charge in [-0.2, -0.15) is 0 Å². The summed E-state index contributed by atoms with van der Waals surface area (Å²) in [4.78, 5) is 25.4. The molecule has 0 aliphatic rings. The summed E-state index contributed by atoms with van der Waals surface area (Å²) in [5, 5.41) is 2.81. The maximum Gasteiger partial charge on any atom is 0.260 e. The van der Waals surface area contributed by atoms with E-state index in [1.807, 2.05) is 31.2 Å². The average Bonchev–Trinajstić information content (AvgIpc) is 2.60. The molecule has 2 amide bonds. The fourth-order valence-electron chi connectivity index (χ4n) is 2.26. The third-order valence-electron chi connectivity index (χ3n) is 3.64. The molecule has 1 N–H and O–H groups in total. The van der Waals surface area contributed by atoms with E-state index in [0.29, 0.717) is 0 Å². The van der Waals surface area contributed by atoms with Gasteiger partial charge in [0, 0.05) is 18.8 Å². The van der Waals surface area contributed by atoms with Gasteiger partial charge in [-0.25, -0.2) is 4.39 Å². The van der Waals surface area contributed by atoms with E-state index in [0.717, 1.165) is 17.7 Å². The predicted octanol–water partition coefficient (Wildman–Crippen LogP) is 2.86. The molecule has 0 bridgehead atoms. The molecular weight excluding hydrogens is 323 g/mol. The van der Waals surface area contributed by atoms with Gasteiger partial charge in [0.2, 0.25) is 5.91 Å². The third kappa shape index (κ3) is 5.60. The predicted molar refractivity (Wildman–Crippen MR) is 94.0 cm³/mol. The summed E-state index contributed by atoms with van der Waals surface area (Å²) in [5.74, 6) is -0.832. The lowest BCUT2D eigenvalue weighted by Gasteiger charge is -2.18. The number of nitrogens with one attached hydrogen (secondary N) is 1. The molecule has 2 rings (SSSR count). The van der Waals surface area contributed by atoms with E-state index >= 15 is 0 Å². The van der Waals surface area contributed by atoms with Crippen LogP contribution in [0.5, 0.6) is 5.75 Å². The molecule has 0 aliphatic carbocycles. The number of carbonyl (C=O) groups excluding carboxylic acids is 2. The number of ether oxygens (including phenoxy) is 1. The quantitative estimate of drug-likeness (QED) is 0.840. The summed E-state index contributed by atoms with van der Waals surface area (Å²) in [7, 11) is 1.52. The first kappa shape index (κ1) is 18.4. The van der Waals surface area contributed by atoms with E-state index in [-0.39, 0.29) is 30.7 Å². The maximum atomic E-state index is 13.1. The number of benzene rings is 2. The first-order chi connectivity index (χ1) is 12.0. The molecule has 2 aromatic rings. The first-order valence-corrected chi connectivity index (χ1v) is 7.99. The molecule has 0 atom stereocenters. The lowest BCUT2D eigenvalue weighted by atomic mass is 10.1. The van der Waals surface area contributed by atoms with Crippen LogP contribution in [0.15, 0.2) is 48.5 Å². The van der Waals surface area contributed by atoms with Gasteiger partial charge in [-0.05, 0) is 30.2 Å². The minimum atomic E-state index is -0.438. The van der Waals surface area contributed by atoms with Gasteiger partial charge in [0.05, 0.1) is 6.54 Å². The lowest BCUT2D eigenvalue weighted by Crippen LogP contribution is -2.37. The van der Waals surface area contributed by atoms with Crippen LogP contribution in [0.2, 0.25) is 0 Å². The minimum Gasteiger partial charge on any atom is -0.484 e. The molecule has 2 aromatic carbocycles. The van der Waals surface area contributed by atoms with Crippen molar-refractivity contribution in [1.29, 1.82) is 0 Å². The van der Waals surface area contributed by atoms with Gasteiger partial charge < -0.3 is 15.0 Å². The van der Waals surface area contributed by atoms with Crippen molar-refractivity contribution in [3.05, 3.63) is 59.9 Å². The van der Waals surface area contributed by atoms with Crippen molar-refractivity contribution >= 4 is 17.5 Å². The zero-order chi connectivity index (χ0) is 18.2. The smallest absolute Gasteiger partial charge is 0.260 e. The normalized spacial score (nSPS) is 10.2. The molecular formula is C19H21FN2O3. The molecule has 0 spiro atoms. The lowest BCUT2D eigenvalue weighted by molar-refractivity contribution is -0.135. The van der Waals surface area contributed by atoms with Crippen LogP contribution in [-0.4, -0.2) is 36.9 Å². The number of hydrogen-bond acceptors (Lipinski definition) is 3. The minimum absolute atomic E-state index is 0.0939. The number of nitrogens with zero attached hydrogens (tertiary/aromatic N) is 1. The number of rotatable bonds is 7. The Labute approximate surface area is 146 Å². The number of carbonyl (C=O) groups is 2. The number of halogens is 1. The Bertz CT molecular complexity index is 749. The monoisotopic (exact) mass is 344 g/mol. The van der Waals surface area contributed by atoms with E-state index in [9.17, 15) is 14.0 Å². The van der Waals surface area contributed by atoms with Gasteiger partial charge in [-0.1, -0.05) is 31.2 Å². The highest BCUT2D eigenvalue weighted by atomic mass is 19.1. The Kier molecular flexibility index (Phi) is 6.51. The van der Waals surface area contributed by atoms with Gasteiger partial charge in [-0.15, -0.1) is 0 Å². The summed E-state index contributed by atoms with van der Waals surface area (Å²) in [5.41, 5.74) is 1.77. The highest BCUT2D eigenvalue weighted by molar-refractivity contribution is 5.95. The Hall–Kier alpha value is -2.89. The van der Waals surface area contributed by atoms with E-state index in [1.54, 1.807) is 6.07 Å². The van der Waals surface area contributed by atoms with E-state index in [1.165, 1.54) is 30.1 Å². The summed E-state index contributed by atoms with van der Waals surface area (Å²) in [6.07, 6.45) is 0.798. The molecule has 0 heterocycles. The molecule has 0 saturated carbocycles. The molecule has 0 radical (unpaired) electrons. The molecule has 0 saturated heterocycles. The van der Waals surface area contributed by atoms with Gasteiger partial charge >= 0.3 is 0 Å². The van der Waals surface area contributed by atoms with Crippen LogP contribution in [0.1, 0.15) is 12.5 Å². The Morgan fingerprint density at radius 2 is 1.92 bits per heavy atom. The van der Waals surface area contributed by atoms with E-state index < -0.39 is 5.82 Å². The van der Waals surface area contributed by atoms with Crippen LogP contribution in [0.4, 0.5) is 10.1 Å². The van der Waals surface area contributed by atoms with Gasteiger partial charge in [0.1, 0.15) is 11.6 Å². The topological polar surface area (TPSA) is 58.6 Å². The second-order valence-corrected chi connectivity index (χ2v) is 5.55. The largest absolute Gasteiger partial charge is 0.484 e. The second kappa shape index (κ2) is 8.82. The van der Waals surface area contributed by atoms with Crippen molar-refractivity contribution in [2.45, 2.75) is 13.3 Å². The van der Waals surface area contributed by atoms with Crippen molar-refractivity contribution in [1.82, 2.24) is 4.90 Å². The first-order valence-electron chi connectivity index (χ1n) is 7.99. The fourth-order valence-corrected chi connectivity index (χ4v) is 2.26. The molecule has 132 valence electrons. The molecule has 0 aliphatic heterocycles. The molecule has 0 aromatic heterocycles. The number of anilines is 1. The second-order valence-electron chi connectivity index (χ2n) is 5.55. The van der Waals surface area contributed by atoms with Crippen molar-refractivity contribution in [2.24, 2.45) is 0 Å². The number of hydrogen-bond donors (Lipinski definition) is 1. The van der Waals surface area contributed by atoms with Crippen molar-refractivity contribution in [3.8, 4) is 5.75 Å². The van der Waals surface area contributed by atoms with Crippen molar-refractivity contribution < 1.29 is 18.7 Å². The zero-order valence-electron chi connectivity index (χ0n) is 14.3. The third-order valence-corrected chi connectivity index (χ3v) is 3.64. The van der Waals surface area contributed by atoms with Gasteiger partial charge in [0.15, 0.2) is 6.61 Å². The molecule has 0 unspecified atom stereocenters. The molecule has 5 nitrogen and oxygen atoms in total. The average molecular weight is 344 g/mol. The SMILES string of the molecule is CCc1ccccc1NC(=O)CN(C)C(=O)COc1cccc(F)c1. The van der Waals surface area contributed by atoms with E-state index in [4.69, 9.17) is 4.74 Å². The highest BCUT2D eigenvalue weighted by Gasteiger charge is 2.14. The van der Waals surface area contributed by atoms with Crippen LogP contribution >= 0.6 is 0 Å². The Balaban J connectivity index is 1.84. The van der Waals surface area contributed by atoms with Gasteiger partial charge in [0.25, 0.3) is 5.91 Å². The van der Waals surface area contributed by atoms with Crippen LogP contribution < -0.4 is 10.1 Å².